The monoisotopic (exact) mass is 199 g/mol. The molecule has 1 rings (SSSR count). The number of rotatable bonds is 5. The third kappa shape index (κ3) is 2.97. The Labute approximate surface area is 82.3 Å². The van der Waals surface area contributed by atoms with Crippen LogP contribution in [0.4, 0.5) is 4.39 Å². The zero-order chi connectivity index (χ0) is 10.4. The van der Waals surface area contributed by atoms with Crippen LogP contribution < -0.4 is 10.5 Å². The maximum Gasteiger partial charge on any atom is 0.123 e. The largest absolute Gasteiger partial charge is 0.491 e. The van der Waals surface area contributed by atoms with Gasteiger partial charge in [0.15, 0.2) is 0 Å². The van der Waals surface area contributed by atoms with Crippen LogP contribution in [0.5, 0.6) is 5.75 Å². The number of benzene rings is 1. The smallest absolute Gasteiger partial charge is 0.123 e. The summed E-state index contributed by atoms with van der Waals surface area (Å²) in [7, 11) is 0. The van der Waals surface area contributed by atoms with E-state index in [4.69, 9.17) is 15.6 Å². The average molecular weight is 199 g/mol. The second-order valence-corrected chi connectivity index (χ2v) is 2.90. The maximum atomic E-state index is 11.8. The molecule has 1 aromatic carbocycles. The fraction of sp³-hybridized carbons (Fsp3) is 0.400. The van der Waals surface area contributed by atoms with Gasteiger partial charge in [0, 0.05) is 0 Å². The van der Waals surface area contributed by atoms with Crippen LogP contribution in [0, 0.1) is 0 Å². The molecule has 0 aliphatic carbocycles. The molecule has 1 atom stereocenters. The Morgan fingerprint density at radius 2 is 2.00 bits per heavy atom. The van der Waals surface area contributed by atoms with Crippen LogP contribution in [-0.4, -0.2) is 25.0 Å². The van der Waals surface area contributed by atoms with Gasteiger partial charge in [-0.15, -0.1) is 0 Å². The van der Waals surface area contributed by atoms with Gasteiger partial charge >= 0.3 is 0 Å². The molecule has 0 amide bonds. The van der Waals surface area contributed by atoms with Crippen molar-refractivity contribution in [3.05, 3.63) is 29.8 Å². The van der Waals surface area contributed by atoms with E-state index in [1.165, 1.54) is 0 Å². The highest BCUT2D eigenvalue weighted by molar-refractivity contribution is 5.29. The zero-order valence-corrected chi connectivity index (χ0v) is 7.82. The molecule has 4 heteroatoms. The van der Waals surface area contributed by atoms with E-state index in [0.717, 1.165) is 5.56 Å². The summed E-state index contributed by atoms with van der Waals surface area (Å²) in [5.41, 5.74) is 6.43. The average Bonchev–Trinajstić information content (AvgIpc) is 2.26. The van der Waals surface area contributed by atoms with Crippen molar-refractivity contribution in [3.63, 3.8) is 0 Å². The number of aliphatic hydroxyl groups is 1. The molecule has 0 aromatic heterocycles. The highest BCUT2D eigenvalue weighted by atomic mass is 19.1. The Morgan fingerprint density at radius 1 is 1.36 bits per heavy atom. The molecule has 0 unspecified atom stereocenters. The van der Waals surface area contributed by atoms with Gasteiger partial charge in [-0.1, -0.05) is 12.1 Å². The topological polar surface area (TPSA) is 55.5 Å². The summed E-state index contributed by atoms with van der Waals surface area (Å²) in [5.74, 6) is 0.608. The number of hydrogen-bond acceptors (Lipinski definition) is 3. The van der Waals surface area contributed by atoms with Gasteiger partial charge in [0.1, 0.15) is 19.0 Å². The number of alkyl halides is 1. The standard InChI is InChI=1S/C10H14FNO2/c11-5-6-14-9-3-1-8(2-4-9)10(12)7-13/h1-4,10,13H,5-7,12H2/t10-/m0/s1. The van der Waals surface area contributed by atoms with Crippen LogP contribution >= 0.6 is 0 Å². The summed E-state index contributed by atoms with van der Waals surface area (Å²) in [4.78, 5) is 0. The summed E-state index contributed by atoms with van der Waals surface area (Å²) in [5, 5.41) is 8.79. The van der Waals surface area contributed by atoms with Gasteiger partial charge in [0.25, 0.3) is 0 Å². The molecule has 3 nitrogen and oxygen atoms in total. The highest BCUT2D eigenvalue weighted by Gasteiger charge is 2.03. The number of halogens is 1. The van der Waals surface area contributed by atoms with E-state index in [9.17, 15) is 4.39 Å². The van der Waals surface area contributed by atoms with Gasteiger partial charge in [0.2, 0.25) is 0 Å². The van der Waals surface area contributed by atoms with Crippen molar-refractivity contribution in [2.75, 3.05) is 19.9 Å². The van der Waals surface area contributed by atoms with Crippen molar-refractivity contribution in [1.82, 2.24) is 0 Å². The summed E-state index contributed by atoms with van der Waals surface area (Å²) in [6.45, 7) is -0.534. The molecule has 3 N–H and O–H groups in total. The Morgan fingerprint density at radius 3 is 2.50 bits per heavy atom. The van der Waals surface area contributed by atoms with Gasteiger partial charge in [-0.05, 0) is 17.7 Å². The van der Waals surface area contributed by atoms with E-state index in [1.54, 1.807) is 24.3 Å². The lowest BCUT2D eigenvalue weighted by Crippen LogP contribution is -2.14. The normalized spacial score (nSPS) is 12.5. The van der Waals surface area contributed by atoms with E-state index < -0.39 is 6.67 Å². The lowest BCUT2D eigenvalue weighted by atomic mass is 10.1. The van der Waals surface area contributed by atoms with E-state index in [-0.39, 0.29) is 19.3 Å². The minimum atomic E-state index is -0.502. The van der Waals surface area contributed by atoms with Gasteiger partial charge in [-0.25, -0.2) is 4.39 Å². The Hall–Kier alpha value is -1.13. The van der Waals surface area contributed by atoms with E-state index in [0.29, 0.717) is 5.75 Å². The third-order valence-electron chi connectivity index (χ3n) is 1.85. The van der Waals surface area contributed by atoms with Crippen molar-refractivity contribution < 1.29 is 14.2 Å². The molecule has 0 aliphatic rings. The number of hydrogen-bond donors (Lipinski definition) is 2. The Kier molecular flexibility index (Phi) is 4.35. The van der Waals surface area contributed by atoms with Crippen molar-refractivity contribution >= 4 is 0 Å². The summed E-state index contributed by atoms with van der Waals surface area (Å²) < 4.78 is 16.8. The minimum absolute atomic E-state index is 0.0609. The van der Waals surface area contributed by atoms with Gasteiger partial charge in [0.05, 0.1) is 12.6 Å². The van der Waals surface area contributed by atoms with Crippen LogP contribution in [-0.2, 0) is 0 Å². The third-order valence-corrected chi connectivity index (χ3v) is 1.85. The van der Waals surface area contributed by atoms with Crippen molar-refractivity contribution in [3.8, 4) is 5.75 Å². The van der Waals surface area contributed by atoms with Crippen molar-refractivity contribution in [2.45, 2.75) is 6.04 Å². The Balaban J connectivity index is 2.59. The number of nitrogens with two attached hydrogens (primary N) is 1. The lowest BCUT2D eigenvalue weighted by Gasteiger charge is -2.09. The molecular formula is C10H14FNO2. The van der Waals surface area contributed by atoms with Gasteiger partial charge in [-0.2, -0.15) is 0 Å². The maximum absolute atomic E-state index is 11.8. The summed E-state index contributed by atoms with van der Waals surface area (Å²) in [6, 6.07) is 6.56. The second kappa shape index (κ2) is 5.57. The SMILES string of the molecule is N[C@@H](CO)c1ccc(OCCF)cc1. The first-order valence-electron chi connectivity index (χ1n) is 4.43. The second-order valence-electron chi connectivity index (χ2n) is 2.90. The van der Waals surface area contributed by atoms with Crippen molar-refractivity contribution in [1.29, 1.82) is 0 Å². The first-order chi connectivity index (χ1) is 6.77. The van der Waals surface area contributed by atoms with E-state index in [1.807, 2.05) is 0 Å². The van der Waals surface area contributed by atoms with Crippen LogP contribution in [0.2, 0.25) is 0 Å². The van der Waals surface area contributed by atoms with E-state index in [2.05, 4.69) is 0 Å². The van der Waals surface area contributed by atoms with Crippen LogP contribution in [0.1, 0.15) is 11.6 Å². The Bertz CT molecular complexity index is 263. The first kappa shape index (κ1) is 10.9. The van der Waals surface area contributed by atoms with Gasteiger partial charge in [-0.3, -0.25) is 0 Å². The molecule has 0 radical (unpaired) electrons. The van der Waals surface area contributed by atoms with E-state index >= 15 is 0 Å². The predicted octanol–water partition coefficient (Wildman–Crippen LogP) is 1.03. The molecule has 0 saturated heterocycles. The molecule has 0 fully saturated rings. The molecule has 78 valence electrons. The minimum Gasteiger partial charge on any atom is -0.491 e. The molecule has 14 heavy (non-hydrogen) atoms. The highest BCUT2D eigenvalue weighted by Crippen LogP contribution is 2.15. The molecule has 0 bridgehead atoms. The molecule has 1 aromatic rings. The molecule has 0 spiro atoms. The molecule has 0 saturated carbocycles. The zero-order valence-electron chi connectivity index (χ0n) is 7.82. The fourth-order valence-corrected chi connectivity index (χ4v) is 1.07. The summed E-state index contributed by atoms with van der Waals surface area (Å²) >= 11 is 0. The van der Waals surface area contributed by atoms with Crippen LogP contribution in [0.3, 0.4) is 0 Å². The van der Waals surface area contributed by atoms with Gasteiger partial charge < -0.3 is 15.6 Å². The first-order valence-corrected chi connectivity index (χ1v) is 4.43. The van der Waals surface area contributed by atoms with Crippen molar-refractivity contribution in [2.24, 2.45) is 5.73 Å². The lowest BCUT2D eigenvalue weighted by molar-refractivity contribution is 0.266. The number of aliphatic hydroxyl groups excluding tert-OH is 1. The summed E-state index contributed by atoms with van der Waals surface area (Å²) in [6.07, 6.45) is 0. The predicted molar refractivity (Wildman–Crippen MR) is 51.9 cm³/mol. The fourth-order valence-electron chi connectivity index (χ4n) is 1.07. The number of ether oxygens (including phenoxy) is 1. The molecular weight excluding hydrogens is 185 g/mol. The van der Waals surface area contributed by atoms with Crippen LogP contribution in [0.15, 0.2) is 24.3 Å². The molecule has 0 heterocycles. The quantitative estimate of drug-likeness (QED) is 0.744. The molecule has 0 aliphatic heterocycles. The van der Waals surface area contributed by atoms with Crippen LogP contribution in [0.25, 0.3) is 0 Å².